The minimum Gasteiger partial charge on any atom is -0.468 e. The van der Waals surface area contributed by atoms with Crippen molar-refractivity contribution in [3.8, 4) is 0 Å². The van der Waals surface area contributed by atoms with Gasteiger partial charge in [-0.05, 0) is 0 Å². The Morgan fingerprint density at radius 2 is 2.14 bits per heavy atom. The van der Waals surface area contributed by atoms with Crippen LogP contribution in [0.2, 0.25) is 0 Å². The van der Waals surface area contributed by atoms with Crippen LogP contribution in [-0.2, 0) is 14.3 Å². The summed E-state index contributed by atoms with van der Waals surface area (Å²) in [5.41, 5.74) is 5.50. The third-order valence-electron chi connectivity index (χ3n) is 2.18. The largest absolute Gasteiger partial charge is 0.468 e. The summed E-state index contributed by atoms with van der Waals surface area (Å²) in [4.78, 5) is 13.3. The topological polar surface area (TPSA) is 64.8 Å². The van der Waals surface area contributed by atoms with Crippen molar-refractivity contribution in [3.63, 3.8) is 0 Å². The number of carbonyl (C=O) groups is 1. The Labute approximate surface area is 89.9 Å². The molecule has 0 spiro atoms. The van der Waals surface area contributed by atoms with E-state index in [1.54, 1.807) is 0 Å². The third kappa shape index (κ3) is 3.42. The molecule has 1 aliphatic rings. The molecule has 1 aliphatic heterocycles. The monoisotopic (exact) mass is 224 g/mol. The first-order chi connectivity index (χ1) is 6.29. The maximum absolute atomic E-state index is 11.3. The Morgan fingerprint density at radius 1 is 1.57 bits per heavy atom. The molecule has 5 nitrogen and oxygen atoms in total. The van der Waals surface area contributed by atoms with Crippen LogP contribution in [0.1, 0.15) is 0 Å². The molecule has 0 aromatic rings. The van der Waals surface area contributed by atoms with E-state index in [1.807, 2.05) is 4.90 Å². The van der Waals surface area contributed by atoms with Crippen LogP contribution in [0.3, 0.4) is 0 Å². The number of methoxy groups -OCH3 is 1. The second kappa shape index (κ2) is 7.00. The lowest BCUT2D eigenvalue weighted by Gasteiger charge is -2.31. The molecule has 1 saturated heterocycles. The maximum atomic E-state index is 11.3. The smallest absolute Gasteiger partial charge is 0.324 e. The van der Waals surface area contributed by atoms with Gasteiger partial charge in [0.15, 0.2) is 0 Å². The number of morpholine rings is 1. The minimum atomic E-state index is -0.311. The number of esters is 1. The summed E-state index contributed by atoms with van der Waals surface area (Å²) in [7, 11) is 1.38. The van der Waals surface area contributed by atoms with Gasteiger partial charge in [0.25, 0.3) is 0 Å². The average molecular weight is 225 g/mol. The molecule has 0 saturated carbocycles. The minimum absolute atomic E-state index is 0. The molecule has 1 fully saturated rings. The van der Waals surface area contributed by atoms with E-state index in [9.17, 15) is 4.79 Å². The SMILES string of the molecule is COC(=O)[C@H](CN)N1CCOCC1.Cl. The zero-order chi connectivity index (χ0) is 9.68. The molecule has 0 unspecified atom stereocenters. The number of hydrogen-bond acceptors (Lipinski definition) is 5. The second-order valence-corrected chi connectivity index (χ2v) is 2.92. The first-order valence-corrected chi connectivity index (χ1v) is 4.39. The molecule has 0 radical (unpaired) electrons. The van der Waals surface area contributed by atoms with Crippen LogP contribution < -0.4 is 5.73 Å². The van der Waals surface area contributed by atoms with Crippen LogP contribution in [0.25, 0.3) is 0 Å². The molecule has 6 heteroatoms. The van der Waals surface area contributed by atoms with Gasteiger partial charge >= 0.3 is 5.97 Å². The van der Waals surface area contributed by atoms with E-state index in [-0.39, 0.29) is 24.4 Å². The summed E-state index contributed by atoms with van der Waals surface area (Å²) >= 11 is 0. The predicted molar refractivity (Wildman–Crippen MR) is 54.5 cm³/mol. The van der Waals surface area contributed by atoms with Crippen LogP contribution in [0.5, 0.6) is 0 Å². The van der Waals surface area contributed by atoms with Crippen LogP contribution in [0, 0.1) is 0 Å². The summed E-state index contributed by atoms with van der Waals surface area (Å²) in [6.45, 7) is 3.11. The van der Waals surface area contributed by atoms with Gasteiger partial charge in [-0.1, -0.05) is 0 Å². The Bertz CT molecular complexity index is 174. The van der Waals surface area contributed by atoms with Crippen molar-refractivity contribution < 1.29 is 14.3 Å². The fraction of sp³-hybridized carbons (Fsp3) is 0.875. The van der Waals surface area contributed by atoms with Crippen molar-refractivity contribution in [1.82, 2.24) is 4.90 Å². The quantitative estimate of drug-likeness (QED) is 0.639. The molecular formula is C8H17ClN2O3. The van der Waals surface area contributed by atoms with Gasteiger partial charge in [-0.15, -0.1) is 12.4 Å². The number of carbonyl (C=O) groups excluding carboxylic acids is 1. The molecule has 0 bridgehead atoms. The van der Waals surface area contributed by atoms with Crippen LogP contribution in [0.4, 0.5) is 0 Å². The number of hydrogen-bond donors (Lipinski definition) is 1. The van der Waals surface area contributed by atoms with Crippen molar-refractivity contribution in [2.24, 2.45) is 5.73 Å². The molecule has 2 N–H and O–H groups in total. The fourth-order valence-electron chi connectivity index (χ4n) is 1.42. The van der Waals surface area contributed by atoms with Crippen LogP contribution in [0.15, 0.2) is 0 Å². The van der Waals surface area contributed by atoms with Crippen LogP contribution >= 0.6 is 12.4 Å². The van der Waals surface area contributed by atoms with Crippen molar-refractivity contribution in [2.75, 3.05) is 40.0 Å². The number of halogens is 1. The highest BCUT2D eigenvalue weighted by molar-refractivity contribution is 5.85. The van der Waals surface area contributed by atoms with Gasteiger partial charge in [0, 0.05) is 19.6 Å². The van der Waals surface area contributed by atoms with Gasteiger partial charge in [0.05, 0.1) is 20.3 Å². The first-order valence-electron chi connectivity index (χ1n) is 4.39. The van der Waals surface area contributed by atoms with E-state index in [4.69, 9.17) is 10.5 Å². The zero-order valence-corrected chi connectivity index (χ0v) is 9.09. The van der Waals surface area contributed by atoms with Gasteiger partial charge in [-0.25, -0.2) is 0 Å². The normalized spacial score (nSPS) is 19.6. The van der Waals surface area contributed by atoms with Crippen molar-refractivity contribution in [1.29, 1.82) is 0 Å². The molecule has 0 amide bonds. The number of nitrogens with zero attached hydrogens (tertiary/aromatic N) is 1. The highest BCUT2D eigenvalue weighted by atomic mass is 35.5. The molecule has 1 atom stereocenters. The number of rotatable bonds is 3. The molecule has 0 aromatic carbocycles. The van der Waals surface area contributed by atoms with E-state index in [0.717, 1.165) is 13.1 Å². The molecule has 0 aromatic heterocycles. The summed E-state index contributed by atoms with van der Waals surface area (Å²) in [5.74, 6) is -0.260. The van der Waals surface area contributed by atoms with E-state index in [0.29, 0.717) is 19.8 Å². The van der Waals surface area contributed by atoms with Gasteiger partial charge in [0.1, 0.15) is 6.04 Å². The summed E-state index contributed by atoms with van der Waals surface area (Å²) < 4.78 is 9.83. The summed E-state index contributed by atoms with van der Waals surface area (Å²) in [6, 6.07) is -0.311. The van der Waals surface area contributed by atoms with Gasteiger partial charge in [-0.2, -0.15) is 0 Å². The molecule has 84 valence electrons. The molecular weight excluding hydrogens is 208 g/mol. The fourth-order valence-corrected chi connectivity index (χ4v) is 1.42. The lowest BCUT2D eigenvalue weighted by molar-refractivity contribution is -0.148. The summed E-state index contributed by atoms with van der Waals surface area (Å²) in [6.07, 6.45) is 0. The average Bonchev–Trinajstić information content (AvgIpc) is 2.20. The molecule has 14 heavy (non-hydrogen) atoms. The number of ether oxygens (including phenoxy) is 2. The molecule has 1 rings (SSSR count). The van der Waals surface area contributed by atoms with E-state index >= 15 is 0 Å². The van der Waals surface area contributed by atoms with E-state index < -0.39 is 0 Å². The standard InChI is InChI=1S/C8H16N2O3.ClH/c1-12-8(11)7(6-9)10-2-4-13-5-3-10;/h7H,2-6,9H2,1H3;1H/t7-;/m0./s1. The lowest BCUT2D eigenvalue weighted by Crippen LogP contribution is -2.51. The predicted octanol–water partition coefficient (Wildman–Crippen LogP) is -0.759. The maximum Gasteiger partial charge on any atom is 0.324 e. The van der Waals surface area contributed by atoms with E-state index in [2.05, 4.69) is 4.74 Å². The Kier molecular flexibility index (Phi) is 6.82. The first kappa shape index (κ1) is 13.6. The Hall–Kier alpha value is -0.360. The summed E-state index contributed by atoms with van der Waals surface area (Å²) in [5, 5.41) is 0. The third-order valence-corrected chi connectivity index (χ3v) is 2.18. The van der Waals surface area contributed by atoms with Crippen molar-refractivity contribution in [2.45, 2.75) is 6.04 Å². The molecule has 1 heterocycles. The second-order valence-electron chi connectivity index (χ2n) is 2.92. The van der Waals surface area contributed by atoms with Crippen molar-refractivity contribution in [3.05, 3.63) is 0 Å². The lowest BCUT2D eigenvalue weighted by atomic mass is 10.2. The highest BCUT2D eigenvalue weighted by Gasteiger charge is 2.26. The Morgan fingerprint density at radius 3 is 2.57 bits per heavy atom. The number of nitrogens with two attached hydrogens (primary N) is 1. The molecule has 0 aliphatic carbocycles. The highest BCUT2D eigenvalue weighted by Crippen LogP contribution is 2.04. The van der Waals surface area contributed by atoms with Crippen LogP contribution in [-0.4, -0.2) is 56.9 Å². The van der Waals surface area contributed by atoms with Gasteiger partial charge in [-0.3, -0.25) is 9.69 Å². The van der Waals surface area contributed by atoms with Gasteiger partial charge in [0.2, 0.25) is 0 Å². The van der Waals surface area contributed by atoms with E-state index in [1.165, 1.54) is 7.11 Å². The zero-order valence-electron chi connectivity index (χ0n) is 8.27. The van der Waals surface area contributed by atoms with Crippen molar-refractivity contribution >= 4 is 18.4 Å². The van der Waals surface area contributed by atoms with Gasteiger partial charge < -0.3 is 15.2 Å². The Balaban J connectivity index is 0.00000169.